The molecule has 2 N–H and O–H groups in total. The van der Waals surface area contributed by atoms with Crippen molar-refractivity contribution >= 4 is 17.1 Å². The molecule has 0 radical (unpaired) electrons. The molecule has 0 spiro atoms. The molecule has 0 aliphatic heterocycles. The van der Waals surface area contributed by atoms with E-state index in [1.165, 1.54) is 98.9 Å². The second-order valence-corrected chi connectivity index (χ2v) is 12.9. The maximum atomic E-state index is 5.27. The van der Waals surface area contributed by atoms with Crippen LogP contribution in [-0.2, 0) is 6.42 Å². The first-order chi connectivity index (χ1) is 19.7. The Kier molecular flexibility index (Phi) is 19.9. The Labute approximate surface area is 254 Å². The van der Waals surface area contributed by atoms with Crippen molar-refractivity contribution < 1.29 is 0 Å². The number of nitrogens with two attached hydrogens (primary N) is 1. The van der Waals surface area contributed by atoms with Gasteiger partial charge in [-0.15, -0.1) is 6.58 Å². The van der Waals surface area contributed by atoms with E-state index in [1.54, 1.807) is 0 Å². The predicted molar refractivity (Wildman–Crippen MR) is 186 cm³/mol. The minimum atomic E-state index is 0.238. The third-order valence-corrected chi connectivity index (χ3v) is 8.09. The summed E-state index contributed by atoms with van der Waals surface area (Å²) in [4.78, 5) is 6.16. The smallest absolute Gasteiger partial charge is 0.0805 e. The molecule has 230 valence electrons. The molecule has 2 saturated carbocycles. The van der Waals surface area contributed by atoms with Crippen molar-refractivity contribution in [2.75, 3.05) is 21.1 Å². The average molecular weight is 562 g/mol. The minimum absolute atomic E-state index is 0.238. The van der Waals surface area contributed by atoms with E-state index in [0.29, 0.717) is 0 Å². The molecule has 2 aromatic carbocycles. The molecule has 3 atom stereocenters. The van der Waals surface area contributed by atoms with Crippen molar-refractivity contribution in [2.45, 2.75) is 110 Å². The number of hydrogen-bond acceptors (Lipinski definition) is 2. The van der Waals surface area contributed by atoms with Crippen molar-refractivity contribution in [3.8, 4) is 0 Å². The van der Waals surface area contributed by atoms with Gasteiger partial charge in [0, 0.05) is 0 Å². The van der Waals surface area contributed by atoms with E-state index in [-0.39, 0.29) is 6.04 Å². The van der Waals surface area contributed by atoms with Gasteiger partial charge in [-0.25, -0.2) is 0 Å². The fraction of sp³-hybridized carbons (Fsp3) is 0.605. The Balaban J connectivity index is 0.000000294. The van der Waals surface area contributed by atoms with Crippen LogP contribution in [-0.4, -0.2) is 38.4 Å². The second-order valence-electron chi connectivity index (χ2n) is 12.9. The van der Waals surface area contributed by atoms with Crippen LogP contribution >= 0.6 is 0 Å². The van der Waals surface area contributed by atoms with Gasteiger partial charge in [0.2, 0.25) is 0 Å². The van der Waals surface area contributed by atoms with E-state index >= 15 is 0 Å². The van der Waals surface area contributed by atoms with Crippen LogP contribution in [0.4, 0.5) is 0 Å². The van der Waals surface area contributed by atoms with Gasteiger partial charge in [0.1, 0.15) is 0 Å². The van der Waals surface area contributed by atoms with Crippen LogP contribution in [0, 0.1) is 17.8 Å². The van der Waals surface area contributed by atoms with Crippen molar-refractivity contribution in [1.29, 1.82) is 0 Å². The summed E-state index contributed by atoms with van der Waals surface area (Å²) in [6.07, 6.45) is 21.1. The standard InChI is InChI=1S/C14H14.C12H22N2.C9H18.C3H9N/c1-11(2)9-12-7-8-13-5-3-4-6-14(13)10-12;1-2-12(14-10-13)9-8-11-6-4-3-5-7-11;1-3-9-6-4-5-8(2)7-9;1-4(2)3/h3-8,10H,1,9H2,2H3;2,10-12H,1,3-9H2,(H2,13,14);8-9H,3-7H2,1-2H3;1-3H3. The van der Waals surface area contributed by atoms with Gasteiger partial charge in [-0.3, -0.25) is 4.99 Å². The van der Waals surface area contributed by atoms with Gasteiger partial charge in [-0.1, -0.05) is 132 Å². The molecule has 3 nitrogen and oxygen atoms in total. The molecule has 3 unspecified atom stereocenters. The summed E-state index contributed by atoms with van der Waals surface area (Å²) < 4.78 is 0. The third-order valence-electron chi connectivity index (χ3n) is 8.09. The molecule has 0 amide bonds. The van der Waals surface area contributed by atoms with Crippen LogP contribution < -0.4 is 5.73 Å². The lowest BCUT2D eigenvalue weighted by molar-refractivity contribution is 0.276. The maximum absolute atomic E-state index is 5.27. The van der Waals surface area contributed by atoms with Crippen molar-refractivity contribution in [3.05, 3.63) is 72.8 Å². The summed E-state index contributed by atoms with van der Waals surface area (Å²) in [6.45, 7) is 14.5. The van der Waals surface area contributed by atoms with Crippen LogP contribution in [0.1, 0.15) is 103 Å². The fourth-order valence-electron chi connectivity index (χ4n) is 5.87. The first-order valence-corrected chi connectivity index (χ1v) is 16.3. The zero-order valence-corrected chi connectivity index (χ0v) is 27.6. The summed E-state index contributed by atoms with van der Waals surface area (Å²) in [7, 11) is 6.00. The fourth-order valence-corrected chi connectivity index (χ4v) is 5.87. The molecule has 0 heterocycles. The number of nitrogens with zero attached hydrogens (tertiary/aromatic N) is 2. The number of fused-ring (bicyclic) bond motifs is 1. The van der Waals surface area contributed by atoms with Crippen molar-refractivity contribution in [1.82, 2.24) is 4.90 Å². The quantitative estimate of drug-likeness (QED) is 0.198. The lowest BCUT2D eigenvalue weighted by Crippen LogP contribution is -2.11. The van der Waals surface area contributed by atoms with Crippen molar-refractivity contribution in [3.63, 3.8) is 0 Å². The van der Waals surface area contributed by atoms with E-state index in [9.17, 15) is 0 Å². The van der Waals surface area contributed by atoms with Crippen molar-refractivity contribution in [2.24, 2.45) is 28.5 Å². The van der Waals surface area contributed by atoms with Gasteiger partial charge in [0.15, 0.2) is 0 Å². The highest BCUT2D eigenvalue weighted by Gasteiger charge is 2.16. The topological polar surface area (TPSA) is 41.6 Å². The van der Waals surface area contributed by atoms with E-state index in [1.807, 2.05) is 32.1 Å². The summed E-state index contributed by atoms with van der Waals surface area (Å²) >= 11 is 0. The molecule has 2 fully saturated rings. The Morgan fingerprint density at radius 1 is 0.976 bits per heavy atom. The zero-order chi connectivity index (χ0) is 30.5. The highest BCUT2D eigenvalue weighted by Crippen LogP contribution is 2.30. The van der Waals surface area contributed by atoms with Crippen LogP contribution in [0.25, 0.3) is 10.8 Å². The number of allylic oxidation sites excluding steroid dienone is 1. The SMILES string of the molecule is C=C(C)Cc1ccc2ccccc2c1.C=CC(CCC1CCCCC1)N=CN.CCC1CCCC(C)C1.CN(C)C. The Bertz CT molecular complexity index is 983. The molecule has 0 aromatic heterocycles. The lowest BCUT2D eigenvalue weighted by atomic mass is 9.81. The van der Waals surface area contributed by atoms with E-state index in [0.717, 1.165) is 30.6 Å². The molecular weight excluding hydrogens is 498 g/mol. The van der Waals surface area contributed by atoms with Crippen LogP contribution in [0.3, 0.4) is 0 Å². The van der Waals surface area contributed by atoms with E-state index < -0.39 is 0 Å². The summed E-state index contributed by atoms with van der Waals surface area (Å²) in [5.41, 5.74) is 7.83. The van der Waals surface area contributed by atoms with E-state index in [2.05, 4.69) is 81.4 Å². The molecule has 2 aromatic rings. The van der Waals surface area contributed by atoms with Crippen LogP contribution in [0.5, 0.6) is 0 Å². The Morgan fingerprint density at radius 3 is 2.15 bits per heavy atom. The third kappa shape index (κ3) is 17.9. The Morgan fingerprint density at radius 2 is 1.61 bits per heavy atom. The van der Waals surface area contributed by atoms with Gasteiger partial charge >= 0.3 is 0 Å². The molecule has 3 heteroatoms. The van der Waals surface area contributed by atoms with Gasteiger partial charge in [-0.2, -0.15) is 0 Å². The Hall–Kier alpha value is -2.39. The number of hydrogen-bond donors (Lipinski definition) is 1. The van der Waals surface area contributed by atoms with E-state index in [4.69, 9.17) is 5.73 Å². The van der Waals surface area contributed by atoms with Gasteiger partial charge in [-0.05, 0) is 87.8 Å². The molecular formula is C38H63N3. The highest BCUT2D eigenvalue weighted by atomic mass is 15.0. The molecule has 41 heavy (non-hydrogen) atoms. The molecule has 2 aliphatic carbocycles. The monoisotopic (exact) mass is 562 g/mol. The largest absolute Gasteiger partial charge is 0.390 e. The van der Waals surface area contributed by atoms with Gasteiger partial charge in [0.25, 0.3) is 0 Å². The number of benzene rings is 2. The zero-order valence-electron chi connectivity index (χ0n) is 27.6. The number of aliphatic imine (C=N–C) groups is 1. The average Bonchev–Trinajstić information content (AvgIpc) is 2.96. The summed E-state index contributed by atoms with van der Waals surface area (Å²) in [6, 6.07) is 15.3. The normalized spacial score (nSPS) is 19.7. The van der Waals surface area contributed by atoms with Crippen LogP contribution in [0.2, 0.25) is 0 Å². The first kappa shape index (κ1) is 36.6. The summed E-state index contributed by atoms with van der Waals surface area (Å²) in [5, 5.41) is 2.62. The number of rotatable bonds is 8. The van der Waals surface area contributed by atoms with Crippen LogP contribution in [0.15, 0.2) is 72.3 Å². The minimum Gasteiger partial charge on any atom is -0.390 e. The predicted octanol–water partition coefficient (Wildman–Crippen LogP) is 10.2. The second kappa shape index (κ2) is 22.2. The highest BCUT2D eigenvalue weighted by molar-refractivity contribution is 5.83. The maximum Gasteiger partial charge on any atom is 0.0805 e. The lowest BCUT2D eigenvalue weighted by Gasteiger charge is -2.25. The molecule has 0 saturated heterocycles. The first-order valence-electron chi connectivity index (χ1n) is 16.3. The molecule has 4 rings (SSSR count). The summed E-state index contributed by atoms with van der Waals surface area (Å²) in [5.74, 6) is 3.01. The van der Waals surface area contributed by atoms with Gasteiger partial charge in [0.05, 0.1) is 12.4 Å². The molecule has 0 bridgehead atoms. The molecule has 2 aliphatic rings. The van der Waals surface area contributed by atoms with Gasteiger partial charge < -0.3 is 10.6 Å².